The van der Waals surface area contributed by atoms with Gasteiger partial charge in [-0.15, -0.1) is 0 Å². The fourth-order valence-corrected chi connectivity index (χ4v) is 1.61. The summed E-state index contributed by atoms with van der Waals surface area (Å²) < 4.78 is 5.67. The third-order valence-electron chi connectivity index (χ3n) is 2.42. The van der Waals surface area contributed by atoms with Crippen molar-refractivity contribution in [1.82, 2.24) is 5.32 Å². The van der Waals surface area contributed by atoms with E-state index in [1.54, 1.807) is 0 Å². The molecule has 0 fully saturated rings. The normalized spacial score (nSPS) is 11.1. The molecule has 0 saturated heterocycles. The molecule has 0 radical (unpaired) electrons. The van der Waals surface area contributed by atoms with Crippen molar-refractivity contribution in [3.8, 4) is 0 Å². The Bertz CT molecular complexity index is 448. The summed E-state index contributed by atoms with van der Waals surface area (Å²) in [6.07, 6.45) is 0. The lowest BCUT2D eigenvalue weighted by Crippen LogP contribution is -2.10. The molecule has 1 aromatic heterocycles. The average Bonchev–Trinajstić information content (AvgIpc) is 2.67. The summed E-state index contributed by atoms with van der Waals surface area (Å²) in [5, 5.41) is 4.37. The van der Waals surface area contributed by atoms with E-state index in [0.717, 1.165) is 35.4 Å². The maximum Gasteiger partial charge on any atom is 0.134 e. The molecule has 0 aliphatic heterocycles. The molecule has 0 bridgehead atoms. The van der Waals surface area contributed by atoms with E-state index in [-0.39, 0.29) is 0 Å². The molecule has 80 valence electrons. The highest BCUT2D eigenvalue weighted by atomic mass is 16.3. The molecule has 3 heteroatoms. The molecule has 3 N–H and O–H groups in total. The number of rotatable bonds is 4. The van der Waals surface area contributed by atoms with Gasteiger partial charge < -0.3 is 15.5 Å². The van der Waals surface area contributed by atoms with Gasteiger partial charge in [0.25, 0.3) is 0 Å². The monoisotopic (exact) mass is 204 g/mol. The van der Waals surface area contributed by atoms with Gasteiger partial charge in [-0.2, -0.15) is 0 Å². The third kappa shape index (κ3) is 2.19. The lowest BCUT2D eigenvalue weighted by atomic mass is 10.1. The smallest absolute Gasteiger partial charge is 0.134 e. The standard InChI is InChI=1S/C12H16N2O/c1-2-14-8-11-6-10-5-9(7-13)3-4-12(10)15-11/h3-6,14H,2,7-8,13H2,1H3. The second kappa shape index (κ2) is 4.47. The zero-order chi connectivity index (χ0) is 10.7. The van der Waals surface area contributed by atoms with Crippen LogP contribution in [0.3, 0.4) is 0 Å². The summed E-state index contributed by atoms with van der Waals surface area (Å²) in [6, 6.07) is 8.13. The van der Waals surface area contributed by atoms with E-state index in [1.165, 1.54) is 0 Å². The van der Waals surface area contributed by atoms with Crippen LogP contribution in [0.15, 0.2) is 28.7 Å². The largest absolute Gasteiger partial charge is 0.460 e. The highest BCUT2D eigenvalue weighted by Crippen LogP contribution is 2.20. The first-order valence-electron chi connectivity index (χ1n) is 5.25. The number of benzene rings is 1. The molecule has 1 heterocycles. The molecule has 0 spiro atoms. The maximum absolute atomic E-state index is 5.67. The molecule has 0 aliphatic rings. The van der Waals surface area contributed by atoms with Crippen molar-refractivity contribution in [2.45, 2.75) is 20.0 Å². The summed E-state index contributed by atoms with van der Waals surface area (Å²) in [7, 11) is 0. The first kappa shape index (κ1) is 10.2. The van der Waals surface area contributed by atoms with Gasteiger partial charge >= 0.3 is 0 Å². The molecule has 2 aromatic rings. The Morgan fingerprint density at radius 2 is 2.20 bits per heavy atom. The molecule has 1 aromatic carbocycles. The number of hydrogen-bond donors (Lipinski definition) is 2. The van der Waals surface area contributed by atoms with E-state index in [0.29, 0.717) is 6.54 Å². The summed E-state index contributed by atoms with van der Waals surface area (Å²) in [5.74, 6) is 0.973. The lowest BCUT2D eigenvalue weighted by molar-refractivity contribution is 0.520. The van der Waals surface area contributed by atoms with Crippen LogP contribution < -0.4 is 11.1 Å². The minimum Gasteiger partial charge on any atom is -0.460 e. The highest BCUT2D eigenvalue weighted by molar-refractivity contribution is 5.78. The summed E-state index contributed by atoms with van der Waals surface area (Å²) >= 11 is 0. The van der Waals surface area contributed by atoms with E-state index in [4.69, 9.17) is 10.2 Å². The SMILES string of the molecule is CCNCc1cc2cc(CN)ccc2o1. The number of nitrogens with one attached hydrogen (secondary N) is 1. The number of fused-ring (bicyclic) bond motifs is 1. The minimum absolute atomic E-state index is 0.573. The molecule has 0 unspecified atom stereocenters. The fourth-order valence-electron chi connectivity index (χ4n) is 1.61. The number of hydrogen-bond acceptors (Lipinski definition) is 3. The van der Waals surface area contributed by atoms with Crippen LogP contribution in [0, 0.1) is 0 Å². The van der Waals surface area contributed by atoms with Gasteiger partial charge in [-0.05, 0) is 30.3 Å². The molecule has 0 saturated carbocycles. The van der Waals surface area contributed by atoms with Crippen molar-refractivity contribution in [3.63, 3.8) is 0 Å². The lowest BCUT2D eigenvalue weighted by Gasteiger charge is -1.95. The topological polar surface area (TPSA) is 51.2 Å². The average molecular weight is 204 g/mol. The Hall–Kier alpha value is -1.32. The molecule has 0 aliphatic carbocycles. The van der Waals surface area contributed by atoms with Gasteiger partial charge in [-0.1, -0.05) is 13.0 Å². The van der Waals surface area contributed by atoms with Crippen LogP contribution in [0.5, 0.6) is 0 Å². The van der Waals surface area contributed by atoms with Crippen molar-refractivity contribution in [2.24, 2.45) is 5.73 Å². The Kier molecular flexibility index (Phi) is 3.04. The van der Waals surface area contributed by atoms with Crippen LogP contribution in [0.1, 0.15) is 18.2 Å². The van der Waals surface area contributed by atoms with E-state index in [2.05, 4.69) is 24.4 Å². The maximum atomic E-state index is 5.67. The zero-order valence-corrected chi connectivity index (χ0v) is 8.92. The Morgan fingerprint density at radius 3 is 2.93 bits per heavy atom. The van der Waals surface area contributed by atoms with Gasteiger partial charge in [0.2, 0.25) is 0 Å². The van der Waals surface area contributed by atoms with Crippen molar-refractivity contribution in [1.29, 1.82) is 0 Å². The molecule has 2 rings (SSSR count). The summed E-state index contributed by atoms with van der Waals surface area (Å²) in [4.78, 5) is 0. The second-order valence-electron chi connectivity index (χ2n) is 3.57. The Morgan fingerprint density at radius 1 is 1.33 bits per heavy atom. The molecule has 0 atom stereocenters. The fraction of sp³-hybridized carbons (Fsp3) is 0.333. The summed E-state index contributed by atoms with van der Waals surface area (Å²) in [6.45, 7) is 4.38. The predicted molar refractivity (Wildman–Crippen MR) is 61.5 cm³/mol. The predicted octanol–water partition coefficient (Wildman–Crippen LogP) is 2.00. The molecular weight excluding hydrogens is 188 g/mol. The van der Waals surface area contributed by atoms with Crippen LogP contribution in [0.2, 0.25) is 0 Å². The van der Waals surface area contributed by atoms with Crippen LogP contribution in [-0.4, -0.2) is 6.54 Å². The van der Waals surface area contributed by atoms with Gasteiger partial charge in [-0.25, -0.2) is 0 Å². The van der Waals surface area contributed by atoms with Gasteiger partial charge in [0.05, 0.1) is 6.54 Å². The molecule has 0 amide bonds. The van der Waals surface area contributed by atoms with E-state index in [1.807, 2.05) is 12.1 Å². The molecule has 15 heavy (non-hydrogen) atoms. The van der Waals surface area contributed by atoms with Gasteiger partial charge in [0, 0.05) is 11.9 Å². The summed E-state index contributed by atoms with van der Waals surface area (Å²) in [5.41, 5.74) is 7.65. The van der Waals surface area contributed by atoms with Crippen LogP contribution >= 0.6 is 0 Å². The Labute approximate surface area is 89.3 Å². The van der Waals surface area contributed by atoms with E-state index >= 15 is 0 Å². The van der Waals surface area contributed by atoms with E-state index in [9.17, 15) is 0 Å². The third-order valence-corrected chi connectivity index (χ3v) is 2.42. The van der Waals surface area contributed by atoms with Crippen molar-refractivity contribution < 1.29 is 4.42 Å². The van der Waals surface area contributed by atoms with E-state index < -0.39 is 0 Å². The first-order valence-corrected chi connectivity index (χ1v) is 5.25. The van der Waals surface area contributed by atoms with Gasteiger partial charge in [0.15, 0.2) is 0 Å². The molecule has 3 nitrogen and oxygen atoms in total. The van der Waals surface area contributed by atoms with Crippen molar-refractivity contribution in [2.75, 3.05) is 6.54 Å². The molecular formula is C12H16N2O. The number of nitrogens with two attached hydrogens (primary N) is 1. The van der Waals surface area contributed by atoms with Crippen LogP contribution in [0.25, 0.3) is 11.0 Å². The minimum atomic E-state index is 0.573. The second-order valence-corrected chi connectivity index (χ2v) is 3.57. The number of furan rings is 1. The quantitative estimate of drug-likeness (QED) is 0.801. The highest BCUT2D eigenvalue weighted by Gasteiger charge is 2.03. The van der Waals surface area contributed by atoms with Gasteiger partial charge in [-0.3, -0.25) is 0 Å². The first-order chi connectivity index (χ1) is 7.33. The Balaban J connectivity index is 2.29. The van der Waals surface area contributed by atoms with Crippen molar-refractivity contribution in [3.05, 3.63) is 35.6 Å². The van der Waals surface area contributed by atoms with Crippen LogP contribution in [-0.2, 0) is 13.1 Å². The van der Waals surface area contributed by atoms with Gasteiger partial charge in [0.1, 0.15) is 11.3 Å². The van der Waals surface area contributed by atoms with Crippen LogP contribution in [0.4, 0.5) is 0 Å². The zero-order valence-electron chi connectivity index (χ0n) is 8.92. The van der Waals surface area contributed by atoms with Crippen molar-refractivity contribution >= 4 is 11.0 Å².